The molecule has 1 aliphatic heterocycles. The standard InChI is InChI=1S/C21H15F2N3O5S2/c22-20(23)31-13-5-3-12(4-6-13)10-16-19(28)26(21(29)33-16)8-7-24-17(27)14-11-32-18(25-14)15-2-1-9-30-15/h1-6,9-11,20H,7-8H2,(H,24,27)/b16-10-. The van der Waals surface area contributed by atoms with Gasteiger partial charge in [-0.25, -0.2) is 4.98 Å². The van der Waals surface area contributed by atoms with Crippen LogP contribution in [0, 0.1) is 0 Å². The Balaban J connectivity index is 1.32. The highest BCUT2D eigenvalue weighted by molar-refractivity contribution is 8.18. The quantitative estimate of drug-likeness (QED) is 0.464. The molecule has 3 aromatic rings. The zero-order valence-corrected chi connectivity index (χ0v) is 18.3. The molecule has 8 nitrogen and oxygen atoms in total. The first-order chi connectivity index (χ1) is 15.9. The van der Waals surface area contributed by atoms with Gasteiger partial charge in [0.05, 0.1) is 11.2 Å². The Kier molecular flexibility index (Phi) is 6.84. The van der Waals surface area contributed by atoms with Crippen molar-refractivity contribution in [3.63, 3.8) is 0 Å². The van der Waals surface area contributed by atoms with Gasteiger partial charge in [0.1, 0.15) is 11.4 Å². The van der Waals surface area contributed by atoms with Gasteiger partial charge in [0, 0.05) is 18.5 Å². The van der Waals surface area contributed by atoms with E-state index < -0.39 is 23.7 Å². The average Bonchev–Trinajstić information content (AvgIpc) is 3.52. The zero-order valence-electron chi connectivity index (χ0n) is 16.7. The number of hydrogen-bond donors (Lipinski definition) is 1. The van der Waals surface area contributed by atoms with Crippen LogP contribution >= 0.6 is 23.1 Å². The molecule has 0 saturated carbocycles. The van der Waals surface area contributed by atoms with Crippen molar-refractivity contribution in [1.29, 1.82) is 0 Å². The van der Waals surface area contributed by atoms with Crippen LogP contribution in [0.4, 0.5) is 13.6 Å². The third-order valence-electron chi connectivity index (χ3n) is 4.37. The fourth-order valence-electron chi connectivity index (χ4n) is 2.85. The Bertz CT molecular complexity index is 1190. The molecule has 0 bridgehead atoms. The number of alkyl halides is 2. The molecule has 4 rings (SSSR count). The predicted molar refractivity (Wildman–Crippen MR) is 118 cm³/mol. The van der Waals surface area contributed by atoms with Gasteiger partial charge in [0.2, 0.25) is 0 Å². The summed E-state index contributed by atoms with van der Waals surface area (Å²) in [6.07, 6.45) is 3.00. The number of benzene rings is 1. The summed E-state index contributed by atoms with van der Waals surface area (Å²) < 4.78 is 34.0. The van der Waals surface area contributed by atoms with E-state index in [4.69, 9.17) is 4.42 Å². The lowest BCUT2D eigenvalue weighted by atomic mass is 10.2. The number of rotatable bonds is 8. The number of nitrogens with one attached hydrogen (secondary N) is 1. The Morgan fingerprint density at radius 3 is 2.73 bits per heavy atom. The first-order valence-electron chi connectivity index (χ1n) is 9.48. The minimum atomic E-state index is -2.93. The topological polar surface area (TPSA) is 102 Å². The molecule has 3 amide bonds. The Morgan fingerprint density at radius 1 is 1.24 bits per heavy atom. The number of hydrogen-bond acceptors (Lipinski definition) is 8. The van der Waals surface area contributed by atoms with E-state index in [0.717, 1.165) is 16.7 Å². The van der Waals surface area contributed by atoms with Crippen LogP contribution in [0.5, 0.6) is 5.75 Å². The molecule has 2 aromatic heterocycles. The summed E-state index contributed by atoms with van der Waals surface area (Å²) in [6, 6.07) is 9.13. The SMILES string of the molecule is O=C(NCCN1C(=O)S/C(=C\c2ccc(OC(F)F)cc2)C1=O)c1csc(-c2ccco2)n1. The first kappa shape index (κ1) is 22.7. The van der Waals surface area contributed by atoms with Crippen molar-refractivity contribution in [3.05, 3.63) is 64.2 Å². The lowest BCUT2D eigenvalue weighted by Gasteiger charge is -2.12. The molecular formula is C21H15F2N3O5S2. The van der Waals surface area contributed by atoms with Gasteiger partial charge in [-0.05, 0) is 47.7 Å². The number of thiazole rings is 1. The molecule has 0 atom stereocenters. The summed E-state index contributed by atoms with van der Waals surface area (Å²) in [7, 11) is 0. The molecule has 3 heterocycles. The number of thioether (sulfide) groups is 1. The molecule has 12 heteroatoms. The fourth-order valence-corrected chi connectivity index (χ4v) is 4.48. The number of amides is 3. The normalized spacial score (nSPS) is 15.0. The third kappa shape index (κ3) is 5.46. The molecule has 33 heavy (non-hydrogen) atoms. The molecule has 170 valence electrons. The lowest BCUT2D eigenvalue weighted by Crippen LogP contribution is -2.37. The molecular weight excluding hydrogens is 476 g/mol. The van der Waals surface area contributed by atoms with Crippen molar-refractivity contribution >= 4 is 46.2 Å². The van der Waals surface area contributed by atoms with Crippen molar-refractivity contribution in [3.8, 4) is 16.5 Å². The van der Waals surface area contributed by atoms with E-state index in [2.05, 4.69) is 15.0 Å². The van der Waals surface area contributed by atoms with Crippen LogP contribution < -0.4 is 10.1 Å². The predicted octanol–water partition coefficient (Wildman–Crippen LogP) is 4.47. The zero-order chi connectivity index (χ0) is 23.4. The van der Waals surface area contributed by atoms with Crippen molar-refractivity contribution < 1.29 is 32.3 Å². The van der Waals surface area contributed by atoms with Gasteiger partial charge in [-0.15, -0.1) is 11.3 Å². The highest BCUT2D eigenvalue weighted by atomic mass is 32.2. The lowest BCUT2D eigenvalue weighted by molar-refractivity contribution is -0.122. The monoisotopic (exact) mass is 491 g/mol. The minimum Gasteiger partial charge on any atom is -0.462 e. The fraction of sp³-hybridized carbons (Fsp3) is 0.143. The molecule has 1 fully saturated rings. The Hall–Kier alpha value is -3.51. The van der Waals surface area contributed by atoms with Gasteiger partial charge in [-0.3, -0.25) is 19.3 Å². The summed E-state index contributed by atoms with van der Waals surface area (Å²) in [6.45, 7) is -2.89. The smallest absolute Gasteiger partial charge is 0.387 e. The number of halogens is 2. The first-order valence-corrected chi connectivity index (χ1v) is 11.2. The number of aromatic nitrogens is 1. The second-order valence-corrected chi connectivity index (χ2v) is 8.40. The Labute approximate surface area is 194 Å². The van der Waals surface area contributed by atoms with Crippen molar-refractivity contribution in [2.45, 2.75) is 6.61 Å². The summed E-state index contributed by atoms with van der Waals surface area (Å²) in [5.41, 5.74) is 0.756. The maximum absolute atomic E-state index is 12.6. The molecule has 0 aliphatic carbocycles. The number of imide groups is 1. The van der Waals surface area contributed by atoms with Crippen LogP contribution in [-0.2, 0) is 4.79 Å². The van der Waals surface area contributed by atoms with E-state index in [-0.39, 0.29) is 29.4 Å². The van der Waals surface area contributed by atoms with E-state index in [9.17, 15) is 23.2 Å². The van der Waals surface area contributed by atoms with Crippen molar-refractivity contribution in [2.75, 3.05) is 13.1 Å². The van der Waals surface area contributed by atoms with E-state index >= 15 is 0 Å². The van der Waals surface area contributed by atoms with Crippen LogP contribution in [0.15, 0.2) is 57.4 Å². The number of ether oxygens (including phenoxy) is 1. The highest BCUT2D eigenvalue weighted by Gasteiger charge is 2.34. The van der Waals surface area contributed by atoms with Gasteiger partial charge in [-0.2, -0.15) is 8.78 Å². The van der Waals surface area contributed by atoms with E-state index in [1.54, 1.807) is 17.5 Å². The summed E-state index contributed by atoms with van der Waals surface area (Å²) in [5.74, 6) is -0.388. The molecule has 0 spiro atoms. The van der Waals surface area contributed by atoms with Gasteiger partial charge in [-0.1, -0.05) is 12.1 Å². The van der Waals surface area contributed by atoms with Crippen molar-refractivity contribution in [1.82, 2.24) is 15.2 Å². The average molecular weight is 491 g/mol. The number of nitrogens with zero attached hydrogens (tertiary/aromatic N) is 2. The van der Waals surface area contributed by atoms with Crippen molar-refractivity contribution in [2.24, 2.45) is 0 Å². The summed E-state index contributed by atoms with van der Waals surface area (Å²) >= 11 is 2.02. The molecule has 1 aliphatic rings. The molecule has 1 N–H and O–H groups in total. The Morgan fingerprint density at radius 2 is 2.03 bits per heavy atom. The third-order valence-corrected chi connectivity index (χ3v) is 6.13. The van der Waals surface area contributed by atoms with Crippen LogP contribution in [0.2, 0.25) is 0 Å². The van der Waals surface area contributed by atoms with E-state index in [1.165, 1.54) is 47.9 Å². The van der Waals surface area contributed by atoms with Gasteiger partial charge < -0.3 is 14.5 Å². The second kappa shape index (κ2) is 9.96. The van der Waals surface area contributed by atoms with Crippen LogP contribution in [-0.4, -0.2) is 46.6 Å². The van der Waals surface area contributed by atoms with E-state index in [1.807, 2.05) is 0 Å². The number of carbonyl (C=O) groups excluding carboxylic acids is 3. The molecule has 0 unspecified atom stereocenters. The molecule has 1 aromatic carbocycles. The van der Waals surface area contributed by atoms with Crippen LogP contribution in [0.1, 0.15) is 16.1 Å². The van der Waals surface area contributed by atoms with Gasteiger partial charge in [0.25, 0.3) is 17.1 Å². The van der Waals surface area contributed by atoms with Gasteiger partial charge in [0.15, 0.2) is 10.8 Å². The highest BCUT2D eigenvalue weighted by Crippen LogP contribution is 2.32. The van der Waals surface area contributed by atoms with E-state index in [0.29, 0.717) is 16.3 Å². The largest absolute Gasteiger partial charge is 0.462 e. The number of furan rings is 1. The minimum absolute atomic E-state index is 0.00983. The molecule has 0 radical (unpaired) electrons. The number of carbonyl (C=O) groups is 3. The summed E-state index contributed by atoms with van der Waals surface area (Å²) in [4.78, 5) is 42.5. The van der Waals surface area contributed by atoms with Crippen LogP contribution in [0.25, 0.3) is 16.8 Å². The van der Waals surface area contributed by atoms with Crippen LogP contribution in [0.3, 0.4) is 0 Å². The maximum atomic E-state index is 12.6. The van der Waals surface area contributed by atoms with Gasteiger partial charge >= 0.3 is 6.61 Å². The summed E-state index contributed by atoms with van der Waals surface area (Å²) in [5, 5.41) is 4.33. The maximum Gasteiger partial charge on any atom is 0.387 e. The second-order valence-electron chi connectivity index (χ2n) is 6.55. The molecule has 1 saturated heterocycles.